The first-order chi connectivity index (χ1) is 6.77. The van der Waals surface area contributed by atoms with E-state index in [0.29, 0.717) is 6.54 Å². The second kappa shape index (κ2) is 4.28. The van der Waals surface area contributed by atoms with E-state index in [2.05, 4.69) is 5.32 Å². The lowest BCUT2D eigenvalue weighted by Gasteiger charge is -2.26. The number of piperidine rings is 1. The molecule has 0 aromatic heterocycles. The van der Waals surface area contributed by atoms with Gasteiger partial charge >= 0.3 is 0 Å². The highest BCUT2D eigenvalue weighted by Crippen LogP contribution is 2.18. The Labute approximate surface area is 84.3 Å². The van der Waals surface area contributed by atoms with Gasteiger partial charge in [-0.25, -0.2) is 0 Å². The fourth-order valence-electron chi connectivity index (χ4n) is 2.27. The molecule has 0 aromatic rings. The third-order valence-electron chi connectivity index (χ3n) is 3.16. The fraction of sp³-hybridized carbons (Fsp3) is 0.900. The highest BCUT2D eigenvalue weighted by molar-refractivity contribution is 5.79. The van der Waals surface area contributed by atoms with Gasteiger partial charge in [0.15, 0.2) is 0 Å². The Morgan fingerprint density at radius 1 is 1.29 bits per heavy atom. The van der Waals surface area contributed by atoms with Crippen LogP contribution in [-0.4, -0.2) is 48.2 Å². The standard InChI is InChI=1S/C10H18N2O2/c13-9-3-6-12(7-9)10(14)8-1-4-11-5-2-8/h8-9,11,13H,1-7H2. The van der Waals surface area contributed by atoms with Gasteiger partial charge in [0.25, 0.3) is 0 Å². The molecule has 4 nitrogen and oxygen atoms in total. The number of nitrogens with one attached hydrogen (secondary N) is 1. The number of likely N-dealkylation sites (tertiary alicyclic amines) is 1. The molecule has 1 unspecified atom stereocenters. The minimum absolute atomic E-state index is 0.196. The molecule has 1 amide bonds. The van der Waals surface area contributed by atoms with Gasteiger partial charge in [0.05, 0.1) is 6.10 Å². The van der Waals surface area contributed by atoms with Crippen LogP contribution in [-0.2, 0) is 4.79 Å². The first-order valence-electron chi connectivity index (χ1n) is 5.45. The number of amides is 1. The van der Waals surface area contributed by atoms with Crippen molar-refractivity contribution in [1.82, 2.24) is 10.2 Å². The molecule has 80 valence electrons. The smallest absolute Gasteiger partial charge is 0.225 e. The van der Waals surface area contributed by atoms with Crippen LogP contribution in [0.3, 0.4) is 0 Å². The SMILES string of the molecule is O=C(C1CCNCC1)N1CCC(O)C1. The van der Waals surface area contributed by atoms with Crippen molar-refractivity contribution in [2.45, 2.75) is 25.4 Å². The minimum Gasteiger partial charge on any atom is -0.391 e. The molecule has 2 heterocycles. The number of carbonyl (C=O) groups is 1. The van der Waals surface area contributed by atoms with Gasteiger partial charge in [0.2, 0.25) is 5.91 Å². The highest BCUT2D eigenvalue weighted by atomic mass is 16.3. The van der Waals surface area contributed by atoms with Crippen LogP contribution < -0.4 is 5.32 Å². The predicted molar refractivity (Wildman–Crippen MR) is 52.8 cm³/mol. The molecule has 2 aliphatic rings. The van der Waals surface area contributed by atoms with E-state index in [1.54, 1.807) is 0 Å². The van der Waals surface area contributed by atoms with Crippen molar-refractivity contribution in [3.8, 4) is 0 Å². The summed E-state index contributed by atoms with van der Waals surface area (Å²) in [5.41, 5.74) is 0. The van der Waals surface area contributed by atoms with Crippen LogP contribution in [0, 0.1) is 5.92 Å². The van der Waals surface area contributed by atoms with E-state index in [4.69, 9.17) is 0 Å². The summed E-state index contributed by atoms with van der Waals surface area (Å²) < 4.78 is 0. The van der Waals surface area contributed by atoms with Crippen molar-refractivity contribution in [3.63, 3.8) is 0 Å². The fourth-order valence-corrected chi connectivity index (χ4v) is 2.27. The zero-order valence-electron chi connectivity index (χ0n) is 8.41. The van der Waals surface area contributed by atoms with Crippen molar-refractivity contribution in [2.24, 2.45) is 5.92 Å². The summed E-state index contributed by atoms with van der Waals surface area (Å²) in [6.07, 6.45) is 2.36. The Morgan fingerprint density at radius 3 is 2.57 bits per heavy atom. The van der Waals surface area contributed by atoms with E-state index in [1.807, 2.05) is 4.90 Å². The Kier molecular flexibility index (Phi) is 3.03. The van der Waals surface area contributed by atoms with E-state index in [1.165, 1.54) is 0 Å². The molecule has 0 saturated carbocycles. The number of nitrogens with zero attached hydrogens (tertiary/aromatic N) is 1. The zero-order valence-corrected chi connectivity index (χ0v) is 8.41. The van der Waals surface area contributed by atoms with Crippen LogP contribution in [0.4, 0.5) is 0 Å². The van der Waals surface area contributed by atoms with E-state index >= 15 is 0 Å². The first kappa shape index (κ1) is 9.93. The largest absolute Gasteiger partial charge is 0.391 e. The van der Waals surface area contributed by atoms with Crippen molar-refractivity contribution >= 4 is 5.91 Å². The summed E-state index contributed by atoms with van der Waals surface area (Å²) in [6, 6.07) is 0. The summed E-state index contributed by atoms with van der Waals surface area (Å²) in [5, 5.41) is 12.6. The molecule has 0 aliphatic carbocycles. The first-order valence-corrected chi connectivity index (χ1v) is 5.45. The lowest BCUT2D eigenvalue weighted by atomic mass is 9.97. The Bertz CT molecular complexity index is 207. The molecule has 2 aliphatic heterocycles. The highest BCUT2D eigenvalue weighted by Gasteiger charge is 2.30. The van der Waals surface area contributed by atoms with Crippen LogP contribution in [0.2, 0.25) is 0 Å². The molecule has 1 atom stereocenters. The molecule has 0 aromatic carbocycles. The molecule has 0 spiro atoms. The molecule has 2 rings (SSSR count). The Balaban J connectivity index is 1.87. The molecular formula is C10H18N2O2. The maximum absolute atomic E-state index is 11.9. The second-order valence-corrected chi connectivity index (χ2v) is 4.25. The molecule has 0 radical (unpaired) electrons. The Morgan fingerprint density at radius 2 is 2.00 bits per heavy atom. The number of aliphatic hydroxyl groups is 1. The quantitative estimate of drug-likeness (QED) is 0.601. The lowest BCUT2D eigenvalue weighted by molar-refractivity contribution is -0.135. The topological polar surface area (TPSA) is 52.6 Å². The summed E-state index contributed by atoms with van der Waals surface area (Å²) in [5.74, 6) is 0.449. The average molecular weight is 198 g/mol. The normalized spacial score (nSPS) is 29.5. The summed E-state index contributed by atoms with van der Waals surface area (Å²) in [4.78, 5) is 13.8. The van der Waals surface area contributed by atoms with Crippen LogP contribution in [0.25, 0.3) is 0 Å². The van der Waals surface area contributed by atoms with Crippen LogP contribution in [0.5, 0.6) is 0 Å². The molecule has 4 heteroatoms. The number of rotatable bonds is 1. The van der Waals surface area contributed by atoms with Crippen molar-refractivity contribution < 1.29 is 9.90 Å². The van der Waals surface area contributed by atoms with Gasteiger partial charge in [-0.1, -0.05) is 0 Å². The molecule has 14 heavy (non-hydrogen) atoms. The average Bonchev–Trinajstić information content (AvgIpc) is 2.65. The predicted octanol–water partition coefficient (Wildman–Crippen LogP) is -0.421. The van der Waals surface area contributed by atoms with Gasteiger partial charge in [0, 0.05) is 19.0 Å². The van der Waals surface area contributed by atoms with Crippen LogP contribution >= 0.6 is 0 Å². The number of hydrogen-bond acceptors (Lipinski definition) is 3. The van der Waals surface area contributed by atoms with Crippen LogP contribution in [0.1, 0.15) is 19.3 Å². The molecule has 2 saturated heterocycles. The van der Waals surface area contributed by atoms with Gasteiger partial charge in [-0.15, -0.1) is 0 Å². The number of aliphatic hydroxyl groups excluding tert-OH is 1. The van der Waals surface area contributed by atoms with Gasteiger partial charge in [0.1, 0.15) is 0 Å². The van der Waals surface area contributed by atoms with E-state index < -0.39 is 0 Å². The summed E-state index contributed by atoms with van der Waals surface area (Å²) >= 11 is 0. The number of carbonyl (C=O) groups excluding carboxylic acids is 1. The van der Waals surface area contributed by atoms with Gasteiger partial charge in [-0.2, -0.15) is 0 Å². The third kappa shape index (κ3) is 2.07. The summed E-state index contributed by atoms with van der Waals surface area (Å²) in [7, 11) is 0. The van der Waals surface area contributed by atoms with Gasteiger partial charge in [-0.05, 0) is 32.4 Å². The number of hydrogen-bond donors (Lipinski definition) is 2. The van der Waals surface area contributed by atoms with Crippen molar-refractivity contribution in [1.29, 1.82) is 0 Å². The van der Waals surface area contributed by atoms with Gasteiger partial charge in [-0.3, -0.25) is 4.79 Å². The van der Waals surface area contributed by atoms with Crippen molar-refractivity contribution in [2.75, 3.05) is 26.2 Å². The molecule has 2 N–H and O–H groups in total. The maximum atomic E-state index is 11.9. The second-order valence-electron chi connectivity index (χ2n) is 4.25. The minimum atomic E-state index is -0.291. The van der Waals surface area contributed by atoms with Crippen molar-refractivity contribution in [3.05, 3.63) is 0 Å². The lowest BCUT2D eigenvalue weighted by Crippen LogP contribution is -2.40. The molecule has 0 bridgehead atoms. The van der Waals surface area contributed by atoms with Crippen LogP contribution in [0.15, 0.2) is 0 Å². The molecular weight excluding hydrogens is 180 g/mol. The Hall–Kier alpha value is -0.610. The zero-order chi connectivity index (χ0) is 9.97. The number of β-amino-alcohol motifs (C(OH)–C–C–N with tert-alkyl or cyclic N) is 1. The summed E-state index contributed by atoms with van der Waals surface area (Å²) in [6.45, 7) is 3.19. The van der Waals surface area contributed by atoms with E-state index in [9.17, 15) is 9.90 Å². The monoisotopic (exact) mass is 198 g/mol. The maximum Gasteiger partial charge on any atom is 0.225 e. The van der Waals surface area contributed by atoms with Gasteiger partial charge < -0.3 is 15.3 Å². The molecule has 2 fully saturated rings. The third-order valence-corrected chi connectivity index (χ3v) is 3.16. The van der Waals surface area contributed by atoms with E-state index in [0.717, 1.165) is 38.9 Å². The van der Waals surface area contributed by atoms with E-state index in [-0.39, 0.29) is 17.9 Å².